The van der Waals surface area contributed by atoms with Crippen LogP contribution in [0.4, 0.5) is 11.4 Å². The molecule has 0 radical (unpaired) electrons. The van der Waals surface area contributed by atoms with Gasteiger partial charge in [0.25, 0.3) is 5.91 Å². The lowest BCUT2D eigenvalue weighted by Crippen LogP contribution is -2.36. The van der Waals surface area contributed by atoms with Crippen LogP contribution in [0.1, 0.15) is 59.2 Å². The highest BCUT2D eigenvalue weighted by molar-refractivity contribution is 6.30. The maximum absolute atomic E-state index is 12.8. The molecule has 0 atom stereocenters. The van der Waals surface area contributed by atoms with Crippen molar-refractivity contribution in [1.82, 2.24) is 4.90 Å². The van der Waals surface area contributed by atoms with Crippen LogP contribution in [0, 0.1) is 5.92 Å². The second-order valence-corrected chi connectivity index (χ2v) is 9.56. The Morgan fingerprint density at radius 3 is 2.27 bits per heavy atom. The molecule has 2 aromatic carbocycles. The zero-order valence-corrected chi connectivity index (χ0v) is 19.7. The van der Waals surface area contributed by atoms with E-state index in [1.165, 1.54) is 45.3 Å². The van der Waals surface area contributed by atoms with Crippen LogP contribution in [0.25, 0.3) is 0 Å². The van der Waals surface area contributed by atoms with Crippen LogP contribution in [0.15, 0.2) is 42.5 Å². The first-order valence-corrected chi connectivity index (χ1v) is 12.3. The predicted octanol–water partition coefficient (Wildman–Crippen LogP) is 5.38. The average Bonchev–Trinajstić information content (AvgIpc) is 2.84. The molecule has 2 heterocycles. The first-order valence-electron chi connectivity index (χ1n) is 11.9. The Morgan fingerprint density at radius 2 is 1.61 bits per heavy atom. The molecule has 0 aliphatic carbocycles. The number of benzene rings is 2. The summed E-state index contributed by atoms with van der Waals surface area (Å²) in [6.07, 6.45) is 7.49. The Kier molecular flexibility index (Phi) is 7.89. The molecular weight excluding hydrogens is 438 g/mol. The number of carboxylic acids is 1. The zero-order valence-electron chi connectivity index (χ0n) is 18.9. The molecule has 2 aliphatic heterocycles. The fraction of sp³-hybridized carbons (Fsp3) is 0.462. The van der Waals surface area contributed by atoms with Crippen LogP contribution in [-0.4, -0.2) is 54.6 Å². The van der Waals surface area contributed by atoms with Gasteiger partial charge in [0.15, 0.2) is 0 Å². The molecule has 0 saturated carbocycles. The molecule has 2 aliphatic rings. The van der Waals surface area contributed by atoms with Gasteiger partial charge in [0.05, 0.1) is 16.9 Å². The van der Waals surface area contributed by atoms with Crippen LogP contribution in [0.2, 0.25) is 5.02 Å². The van der Waals surface area contributed by atoms with Crippen LogP contribution in [0.3, 0.4) is 0 Å². The molecule has 6 nitrogen and oxygen atoms in total. The molecule has 0 aromatic heterocycles. The first kappa shape index (κ1) is 23.6. The third-order valence-electron chi connectivity index (χ3n) is 6.86. The molecule has 0 unspecified atom stereocenters. The number of nitrogens with zero attached hydrogens (tertiary/aromatic N) is 2. The Morgan fingerprint density at radius 1 is 0.939 bits per heavy atom. The van der Waals surface area contributed by atoms with E-state index in [0.29, 0.717) is 22.2 Å². The Balaban J connectivity index is 1.42. The molecule has 2 N–H and O–H groups in total. The number of carbonyl (C=O) groups is 2. The van der Waals surface area contributed by atoms with Crippen molar-refractivity contribution < 1.29 is 14.7 Å². The highest BCUT2D eigenvalue weighted by atomic mass is 35.5. The lowest BCUT2D eigenvalue weighted by atomic mass is 9.92. The first-order chi connectivity index (χ1) is 16.0. The maximum Gasteiger partial charge on any atom is 0.335 e. The van der Waals surface area contributed by atoms with E-state index in [-0.39, 0.29) is 11.5 Å². The number of nitrogens with one attached hydrogen (secondary N) is 1. The summed E-state index contributed by atoms with van der Waals surface area (Å²) >= 11 is 5.93. The summed E-state index contributed by atoms with van der Waals surface area (Å²) in [4.78, 5) is 29.2. The smallest absolute Gasteiger partial charge is 0.335 e. The summed E-state index contributed by atoms with van der Waals surface area (Å²) < 4.78 is 0. The van der Waals surface area contributed by atoms with Crippen LogP contribution < -0.4 is 10.2 Å². The van der Waals surface area contributed by atoms with Gasteiger partial charge >= 0.3 is 5.97 Å². The predicted molar refractivity (Wildman–Crippen MR) is 133 cm³/mol. The molecular formula is C26H32ClN3O3. The van der Waals surface area contributed by atoms with E-state index in [0.717, 1.165) is 31.6 Å². The summed E-state index contributed by atoms with van der Waals surface area (Å²) in [7, 11) is 0. The number of aromatic carboxylic acids is 1. The Labute approximate surface area is 200 Å². The third-order valence-corrected chi connectivity index (χ3v) is 7.11. The van der Waals surface area contributed by atoms with E-state index < -0.39 is 5.97 Å². The van der Waals surface area contributed by atoms with Crippen LogP contribution in [-0.2, 0) is 0 Å². The molecule has 0 spiro atoms. The van der Waals surface area contributed by atoms with Crippen molar-refractivity contribution in [1.29, 1.82) is 0 Å². The number of hydrogen-bond acceptors (Lipinski definition) is 4. The summed E-state index contributed by atoms with van der Waals surface area (Å²) in [6, 6.07) is 11.6. The molecule has 0 bridgehead atoms. The molecule has 7 heteroatoms. The lowest BCUT2D eigenvalue weighted by Gasteiger charge is -2.36. The van der Waals surface area contributed by atoms with Crippen molar-refractivity contribution in [2.24, 2.45) is 5.92 Å². The maximum atomic E-state index is 12.8. The monoisotopic (exact) mass is 469 g/mol. The Bertz CT molecular complexity index is 965. The van der Waals surface area contributed by atoms with Crippen molar-refractivity contribution in [2.45, 2.75) is 38.5 Å². The molecule has 176 valence electrons. The second-order valence-electron chi connectivity index (χ2n) is 9.12. The molecule has 33 heavy (non-hydrogen) atoms. The number of carbonyl (C=O) groups excluding carboxylic acids is 1. The number of rotatable bonds is 7. The van der Waals surface area contributed by atoms with Gasteiger partial charge in [-0.05, 0) is 100 Å². The summed E-state index contributed by atoms with van der Waals surface area (Å²) in [5, 5.41) is 12.9. The minimum absolute atomic E-state index is 0.154. The van der Waals surface area contributed by atoms with Gasteiger partial charge in [-0.25, -0.2) is 4.79 Å². The largest absolute Gasteiger partial charge is 0.478 e. The van der Waals surface area contributed by atoms with Gasteiger partial charge in [0, 0.05) is 23.7 Å². The fourth-order valence-corrected chi connectivity index (χ4v) is 4.98. The highest BCUT2D eigenvalue weighted by Crippen LogP contribution is 2.32. The highest BCUT2D eigenvalue weighted by Gasteiger charge is 2.23. The number of halogens is 1. The van der Waals surface area contributed by atoms with Crippen molar-refractivity contribution in [3.63, 3.8) is 0 Å². The summed E-state index contributed by atoms with van der Waals surface area (Å²) in [5.41, 5.74) is 2.03. The average molecular weight is 470 g/mol. The van der Waals surface area contributed by atoms with Gasteiger partial charge in [-0.3, -0.25) is 4.79 Å². The van der Waals surface area contributed by atoms with Crippen molar-refractivity contribution in [3.05, 3.63) is 58.6 Å². The normalized spacial score (nSPS) is 17.7. The topological polar surface area (TPSA) is 72.9 Å². The standard InChI is InChI=1S/C26H32ClN3O3/c27-22-7-4-20(5-8-22)25(31)28-23-18-21(26(32)33)6-9-24(23)30-16-11-19(12-17-30)10-15-29-13-2-1-3-14-29/h4-9,18-19H,1-3,10-17H2,(H,28,31)(H,32,33). The third kappa shape index (κ3) is 6.27. The summed E-state index contributed by atoms with van der Waals surface area (Å²) in [6.45, 7) is 5.49. The molecule has 4 rings (SSSR count). The van der Waals surface area contributed by atoms with E-state index >= 15 is 0 Å². The van der Waals surface area contributed by atoms with Gasteiger partial charge in [0.1, 0.15) is 0 Å². The van der Waals surface area contributed by atoms with E-state index in [2.05, 4.69) is 15.1 Å². The molecule has 1 amide bonds. The van der Waals surface area contributed by atoms with Crippen molar-refractivity contribution in [2.75, 3.05) is 42.9 Å². The second kappa shape index (κ2) is 11.0. The number of likely N-dealkylation sites (tertiary alicyclic amines) is 1. The SMILES string of the molecule is O=C(O)c1ccc(N2CCC(CCN3CCCCC3)CC2)c(NC(=O)c2ccc(Cl)cc2)c1. The van der Waals surface area contributed by atoms with E-state index in [4.69, 9.17) is 11.6 Å². The van der Waals surface area contributed by atoms with Gasteiger partial charge in [-0.2, -0.15) is 0 Å². The number of anilines is 2. The van der Waals surface area contributed by atoms with Gasteiger partial charge in [0.2, 0.25) is 0 Å². The van der Waals surface area contributed by atoms with Crippen LogP contribution >= 0.6 is 11.6 Å². The van der Waals surface area contributed by atoms with Gasteiger partial charge < -0.3 is 20.2 Å². The molecule has 2 aromatic rings. The Hall–Kier alpha value is -2.57. The number of amides is 1. The number of piperidine rings is 2. The molecule has 2 saturated heterocycles. The lowest BCUT2D eigenvalue weighted by molar-refractivity contribution is 0.0696. The van der Waals surface area contributed by atoms with Gasteiger partial charge in [-0.15, -0.1) is 0 Å². The number of carboxylic acid groups (broad SMARTS) is 1. The van der Waals surface area contributed by atoms with Crippen molar-refractivity contribution in [3.8, 4) is 0 Å². The zero-order chi connectivity index (χ0) is 23.2. The minimum atomic E-state index is -1.01. The van der Waals surface area contributed by atoms with Crippen molar-refractivity contribution >= 4 is 34.9 Å². The fourth-order valence-electron chi connectivity index (χ4n) is 4.85. The van der Waals surface area contributed by atoms with Crippen LogP contribution in [0.5, 0.6) is 0 Å². The number of hydrogen-bond donors (Lipinski definition) is 2. The summed E-state index contributed by atoms with van der Waals surface area (Å²) in [5.74, 6) is -0.583. The van der Waals surface area contributed by atoms with E-state index in [9.17, 15) is 14.7 Å². The van der Waals surface area contributed by atoms with E-state index in [1.54, 1.807) is 36.4 Å². The van der Waals surface area contributed by atoms with E-state index in [1.807, 2.05) is 6.07 Å². The molecule has 2 fully saturated rings. The minimum Gasteiger partial charge on any atom is -0.478 e. The quantitative estimate of drug-likeness (QED) is 0.569. The van der Waals surface area contributed by atoms with Gasteiger partial charge in [-0.1, -0.05) is 18.0 Å².